The van der Waals surface area contributed by atoms with Crippen LogP contribution in [-0.2, 0) is 11.2 Å². The molecule has 0 amide bonds. The summed E-state index contributed by atoms with van der Waals surface area (Å²) in [6.07, 6.45) is 3.51. The fraction of sp³-hybridized carbons (Fsp3) is 0.647. The van der Waals surface area contributed by atoms with Gasteiger partial charge in [-0.2, -0.15) is 0 Å². The lowest BCUT2D eigenvalue weighted by Crippen LogP contribution is -2.38. The number of hydrogen-bond donors (Lipinski definition) is 1. The summed E-state index contributed by atoms with van der Waals surface area (Å²) >= 11 is 6.18. The summed E-state index contributed by atoms with van der Waals surface area (Å²) in [4.78, 5) is 2.47. The van der Waals surface area contributed by atoms with Crippen LogP contribution in [0, 0.1) is 5.92 Å². The van der Waals surface area contributed by atoms with Crippen molar-refractivity contribution in [2.24, 2.45) is 11.7 Å². The normalized spacial score (nSPS) is 17.6. The third kappa shape index (κ3) is 4.60. The summed E-state index contributed by atoms with van der Waals surface area (Å²) in [5.41, 5.74) is 8.50. The van der Waals surface area contributed by atoms with Crippen LogP contribution < -0.4 is 10.6 Å². The summed E-state index contributed by atoms with van der Waals surface area (Å²) in [5.74, 6) is 0.806. The minimum absolute atomic E-state index is 0.128. The van der Waals surface area contributed by atoms with Gasteiger partial charge in [-0.05, 0) is 62.8 Å². The van der Waals surface area contributed by atoms with Gasteiger partial charge in [0, 0.05) is 36.4 Å². The monoisotopic (exact) mass is 310 g/mol. The molecule has 2 unspecified atom stereocenters. The molecular formula is C17H27ClN2O. The van der Waals surface area contributed by atoms with Crippen molar-refractivity contribution < 1.29 is 4.74 Å². The van der Waals surface area contributed by atoms with Gasteiger partial charge < -0.3 is 15.4 Å². The number of hydrogen-bond acceptors (Lipinski definition) is 3. The fourth-order valence-corrected chi connectivity index (χ4v) is 3.11. The number of benzene rings is 1. The lowest BCUT2D eigenvalue weighted by Gasteiger charge is -2.33. The van der Waals surface area contributed by atoms with Crippen molar-refractivity contribution in [1.82, 2.24) is 0 Å². The number of methoxy groups -OCH3 is 1. The molecule has 2 rings (SSSR count). The molecule has 21 heavy (non-hydrogen) atoms. The Kier molecular flexibility index (Phi) is 5.91. The lowest BCUT2D eigenvalue weighted by molar-refractivity contribution is 0.202. The number of halogens is 1. The Morgan fingerprint density at radius 3 is 2.67 bits per heavy atom. The molecule has 0 aliphatic heterocycles. The molecule has 3 nitrogen and oxygen atoms in total. The second-order valence-electron chi connectivity index (χ2n) is 6.22. The molecule has 2 N–H and O–H groups in total. The molecule has 1 saturated carbocycles. The van der Waals surface area contributed by atoms with Crippen LogP contribution in [0.1, 0.15) is 32.3 Å². The van der Waals surface area contributed by atoms with E-state index in [4.69, 9.17) is 22.1 Å². The number of anilines is 1. The molecule has 0 saturated heterocycles. The Hall–Kier alpha value is -0.770. The number of rotatable bonds is 8. The lowest BCUT2D eigenvalue weighted by atomic mass is 10.0. The van der Waals surface area contributed by atoms with Crippen LogP contribution in [0.2, 0.25) is 5.02 Å². The zero-order valence-electron chi connectivity index (χ0n) is 13.3. The molecule has 0 radical (unpaired) electrons. The summed E-state index contributed by atoms with van der Waals surface area (Å²) in [6.45, 7) is 5.99. The summed E-state index contributed by atoms with van der Waals surface area (Å²) in [5, 5.41) is 0.778. The van der Waals surface area contributed by atoms with Gasteiger partial charge in [-0.1, -0.05) is 11.6 Å². The maximum absolute atomic E-state index is 6.18. The minimum atomic E-state index is 0.128. The maximum atomic E-state index is 6.18. The van der Waals surface area contributed by atoms with Crippen molar-refractivity contribution in [3.8, 4) is 0 Å². The van der Waals surface area contributed by atoms with Crippen LogP contribution >= 0.6 is 11.6 Å². The van der Waals surface area contributed by atoms with E-state index >= 15 is 0 Å². The topological polar surface area (TPSA) is 38.5 Å². The largest absolute Gasteiger partial charge is 0.383 e. The highest BCUT2D eigenvalue weighted by molar-refractivity contribution is 6.30. The van der Waals surface area contributed by atoms with Gasteiger partial charge in [0.2, 0.25) is 0 Å². The number of ether oxygens (including phenoxy) is 1. The first-order valence-electron chi connectivity index (χ1n) is 7.82. The molecule has 1 aromatic carbocycles. The van der Waals surface area contributed by atoms with E-state index in [1.54, 1.807) is 7.11 Å². The highest BCUT2D eigenvalue weighted by atomic mass is 35.5. The first-order valence-corrected chi connectivity index (χ1v) is 8.20. The molecular weight excluding hydrogens is 284 g/mol. The molecule has 1 aromatic rings. The van der Waals surface area contributed by atoms with Crippen LogP contribution in [0.5, 0.6) is 0 Å². The zero-order chi connectivity index (χ0) is 15.4. The van der Waals surface area contributed by atoms with Gasteiger partial charge in [0.15, 0.2) is 0 Å². The van der Waals surface area contributed by atoms with Crippen molar-refractivity contribution in [3.05, 3.63) is 28.8 Å². The van der Waals surface area contributed by atoms with Crippen molar-refractivity contribution in [2.75, 3.05) is 25.2 Å². The average Bonchev–Trinajstić information content (AvgIpc) is 3.24. The van der Waals surface area contributed by atoms with E-state index < -0.39 is 0 Å². The van der Waals surface area contributed by atoms with Crippen LogP contribution in [0.25, 0.3) is 0 Å². The number of nitrogens with zero attached hydrogens (tertiary/aromatic N) is 1. The third-order valence-electron chi connectivity index (χ3n) is 4.23. The minimum Gasteiger partial charge on any atom is -0.383 e. The molecule has 2 atom stereocenters. The molecule has 1 aliphatic carbocycles. The molecule has 118 valence electrons. The molecule has 4 heteroatoms. The van der Waals surface area contributed by atoms with Crippen LogP contribution in [0.4, 0.5) is 5.69 Å². The van der Waals surface area contributed by atoms with E-state index in [1.165, 1.54) is 24.1 Å². The van der Waals surface area contributed by atoms with Gasteiger partial charge in [-0.25, -0.2) is 0 Å². The van der Waals surface area contributed by atoms with E-state index in [0.29, 0.717) is 6.04 Å². The van der Waals surface area contributed by atoms with Crippen LogP contribution in [0.3, 0.4) is 0 Å². The van der Waals surface area contributed by atoms with Crippen molar-refractivity contribution in [3.63, 3.8) is 0 Å². The Morgan fingerprint density at radius 2 is 2.10 bits per heavy atom. The Labute approximate surface area is 133 Å². The highest BCUT2D eigenvalue weighted by Gasteiger charge is 2.32. The van der Waals surface area contributed by atoms with Gasteiger partial charge in [0.25, 0.3) is 0 Å². The number of nitrogens with two attached hydrogens (primary N) is 1. The van der Waals surface area contributed by atoms with Crippen molar-refractivity contribution >= 4 is 17.3 Å². The van der Waals surface area contributed by atoms with Crippen molar-refractivity contribution in [2.45, 2.75) is 45.2 Å². The molecule has 1 fully saturated rings. The van der Waals surface area contributed by atoms with Crippen LogP contribution in [0.15, 0.2) is 18.2 Å². The first kappa shape index (κ1) is 16.6. The van der Waals surface area contributed by atoms with Crippen molar-refractivity contribution in [1.29, 1.82) is 0 Å². The second-order valence-corrected chi connectivity index (χ2v) is 6.66. The molecule has 0 spiro atoms. The quantitative estimate of drug-likeness (QED) is 0.799. The third-order valence-corrected chi connectivity index (χ3v) is 4.46. The second kappa shape index (κ2) is 7.48. The van der Waals surface area contributed by atoms with Gasteiger partial charge in [-0.15, -0.1) is 0 Å². The zero-order valence-corrected chi connectivity index (χ0v) is 14.1. The van der Waals surface area contributed by atoms with E-state index in [0.717, 1.165) is 30.5 Å². The first-order chi connectivity index (χ1) is 10.0. The SMILES string of the molecule is COCCN(c1ccc(Cl)cc1CC(C)N)C(C)C1CC1. The predicted molar refractivity (Wildman–Crippen MR) is 90.2 cm³/mol. The van der Waals surface area contributed by atoms with Gasteiger partial charge in [0.1, 0.15) is 0 Å². The van der Waals surface area contributed by atoms with Gasteiger partial charge in [0.05, 0.1) is 6.61 Å². The maximum Gasteiger partial charge on any atom is 0.0637 e. The Bertz CT molecular complexity index is 460. The Balaban J connectivity index is 2.28. The van der Waals surface area contributed by atoms with Crippen LogP contribution in [-0.4, -0.2) is 32.3 Å². The summed E-state index contributed by atoms with van der Waals surface area (Å²) in [7, 11) is 1.75. The molecule has 0 heterocycles. The van der Waals surface area contributed by atoms with E-state index in [-0.39, 0.29) is 6.04 Å². The van der Waals surface area contributed by atoms with E-state index in [9.17, 15) is 0 Å². The Morgan fingerprint density at radius 1 is 1.38 bits per heavy atom. The molecule has 0 bridgehead atoms. The molecule has 0 aromatic heterocycles. The smallest absolute Gasteiger partial charge is 0.0637 e. The fourth-order valence-electron chi connectivity index (χ4n) is 2.91. The summed E-state index contributed by atoms with van der Waals surface area (Å²) in [6, 6.07) is 6.82. The standard InChI is InChI=1S/C17H27ClN2O/c1-12(19)10-15-11-16(18)6-7-17(15)20(8-9-21-3)13(2)14-4-5-14/h6-7,11-14H,4-5,8-10,19H2,1-3H3. The van der Waals surface area contributed by atoms with E-state index in [2.05, 4.69) is 24.0 Å². The van der Waals surface area contributed by atoms with Gasteiger partial charge in [-0.3, -0.25) is 0 Å². The summed E-state index contributed by atoms with van der Waals surface area (Å²) < 4.78 is 5.30. The predicted octanol–water partition coefficient (Wildman–Crippen LogP) is 3.48. The molecule has 1 aliphatic rings. The average molecular weight is 311 g/mol. The highest BCUT2D eigenvalue weighted by Crippen LogP contribution is 2.38. The van der Waals surface area contributed by atoms with E-state index in [1.807, 2.05) is 13.0 Å². The van der Waals surface area contributed by atoms with Gasteiger partial charge >= 0.3 is 0 Å².